The summed E-state index contributed by atoms with van der Waals surface area (Å²) in [4.78, 5) is 11.1. The molecular formula is C16H25N3O2. The summed E-state index contributed by atoms with van der Waals surface area (Å²) < 4.78 is 0. The molecule has 21 heavy (non-hydrogen) atoms. The van der Waals surface area contributed by atoms with E-state index in [1.807, 2.05) is 13.0 Å². The molecule has 1 aliphatic carbocycles. The molecule has 0 amide bonds. The molecule has 1 aromatic carbocycles. The van der Waals surface area contributed by atoms with Crippen molar-refractivity contribution in [3.05, 3.63) is 28.3 Å². The third kappa shape index (κ3) is 3.86. The van der Waals surface area contributed by atoms with E-state index in [0.717, 1.165) is 32.2 Å². The summed E-state index contributed by atoms with van der Waals surface area (Å²) in [6.45, 7) is 7.28. The van der Waals surface area contributed by atoms with Gasteiger partial charge >= 0.3 is 5.69 Å². The minimum absolute atomic E-state index is 0.163. The Balaban J connectivity index is 2.20. The number of para-hydroxylation sites is 1. The van der Waals surface area contributed by atoms with E-state index in [1.54, 1.807) is 12.1 Å². The summed E-state index contributed by atoms with van der Waals surface area (Å²) in [5.74, 6) is 0. The Bertz CT molecular complexity index is 514. The van der Waals surface area contributed by atoms with Crippen molar-refractivity contribution < 1.29 is 4.92 Å². The van der Waals surface area contributed by atoms with Gasteiger partial charge in [0.2, 0.25) is 0 Å². The van der Waals surface area contributed by atoms with Crippen molar-refractivity contribution in [2.24, 2.45) is 5.41 Å². The minimum Gasteiger partial charge on any atom is -0.379 e. The molecule has 5 heteroatoms. The van der Waals surface area contributed by atoms with Gasteiger partial charge in [-0.15, -0.1) is 0 Å². The molecular weight excluding hydrogens is 266 g/mol. The van der Waals surface area contributed by atoms with Crippen LogP contribution < -0.4 is 10.6 Å². The number of nitro benzene ring substituents is 1. The molecule has 0 spiro atoms. The van der Waals surface area contributed by atoms with Crippen molar-refractivity contribution in [2.75, 3.05) is 17.2 Å². The monoisotopic (exact) mass is 291 g/mol. The quantitative estimate of drug-likeness (QED) is 0.602. The lowest BCUT2D eigenvalue weighted by Gasteiger charge is -2.19. The Hall–Kier alpha value is -1.78. The van der Waals surface area contributed by atoms with E-state index in [2.05, 4.69) is 24.5 Å². The first kappa shape index (κ1) is 15.6. The van der Waals surface area contributed by atoms with Crippen LogP contribution in [0.3, 0.4) is 0 Å². The first-order valence-corrected chi connectivity index (χ1v) is 7.71. The van der Waals surface area contributed by atoms with Gasteiger partial charge in [0, 0.05) is 12.6 Å². The number of rotatable bonds is 6. The van der Waals surface area contributed by atoms with Gasteiger partial charge in [0.05, 0.1) is 4.92 Å². The van der Waals surface area contributed by atoms with Crippen molar-refractivity contribution in [1.29, 1.82) is 0 Å². The predicted molar refractivity (Wildman–Crippen MR) is 86.9 cm³/mol. The largest absolute Gasteiger partial charge is 0.379 e. The molecule has 0 bridgehead atoms. The van der Waals surface area contributed by atoms with Gasteiger partial charge in [-0.25, -0.2) is 0 Å². The molecule has 0 saturated heterocycles. The van der Waals surface area contributed by atoms with E-state index in [4.69, 9.17) is 0 Å². The van der Waals surface area contributed by atoms with Gasteiger partial charge in [-0.1, -0.05) is 26.8 Å². The molecule has 0 aliphatic heterocycles. The molecule has 1 aliphatic rings. The van der Waals surface area contributed by atoms with E-state index < -0.39 is 0 Å². The molecule has 2 N–H and O–H groups in total. The van der Waals surface area contributed by atoms with Crippen molar-refractivity contribution in [3.63, 3.8) is 0 Å². The molecule has 1 saturated carbocycles. The van der Waals surface area contributed by atoms with Crippen LogP contribution in [0.25, 0.3) is 0 Å². The number of nitrogens with one attached hydrogen (secondary N) is 2. The van der Waals surface area contributed by atoms with Crippen molar-refractivity contribution in [1.82, 2.24) is 0 Å². The predicted octanol–water partition coefficient (Wildman–Crippen LogP) is 4.41. The summed E-state index contributed by atoms with van der Waals surface area (Å²) in [5.41, 5.74) is 1.72. The Morgan fingerprint density at radius 2 is 2.10 bits per heavy atom. The van der Waals surface area contributed by atoms with Crippen LogP contribution in [-0.2, 0) is 0 Å². The Labute approximate surface area is 126 Å². The third-order valence-electron chi connectivity index (χ3n) is 4.11. The Morgan fingerprint density at radius 1 is 1.38 bits per heavy atom. The van der Waals surface area contributed by atoms with Crippen molar-refractivity contribution in [2.45, 2.75) is 52.5 Å². The fourth-order valence-corrected chi connectivity index (χ4v) is 3.04. The molecule has 1 aromatic rings. The SMILES string of the molecule is CCCNc1cccc(NC2CCC(C)(C)C2)c1[N+](=O)[O-]. The first-order valence-electron chi connectivity index (χ1n) is 7.71. The molecule has 1 unspecified atom stereocenters. The van der Waals surface area contributed by atoms with Crippen LogP contribution >= 0.6 is 0 Å². The van der Waals surface area contributed by atoms with Gasteiger partial charge in [-0.2, -0.15) is 0 Å². The summed E-state index contributed by atoms with van der Waals surface area (Å²) >= 11 is 0. The zero-order chi connectivity index (χ0) is 15.5. The molecule has 0 radical (unpaired) electrons. The smallest absolute Gasteiger partial charge is 0.315 e. The summed E-state index contributed by atoms with van der Waals surface area (Å²) in [7, 11) is 0. The number of nitro groups is 1. The van der Waals surface area contributed by atoms with Crippen LogP contribution in [0.5, 0.6) is 0 Å². The van der Waals surface area contributed by atoms with Gasteiger partial charge in [0.15, 0.2) is 0 Å². The Morgan fingerprint density at radius 3 is 2.67 bits per heavy atom. The highest BCUT2D eigenvalue weighted by molar-refractivity contribution is 5.76. The molecule has 0 aromatic heterocycles. The summed E-state index contributed by atoms with van der Waals surface area (Å²) in [5, 5.41) is 18.0. The molecule has 5 nitrogen and oxygen atoms in total. The highest BCUT2D eigenvalue weighted by Crippen LogP contribution is 2.40. The molecule has 2 rings (SSSR count). The first-order chi connectivity index (χ1) is 9.93. The van der Waals surface area contributed by atoms with Crippen LogP contribution in [0.4, 0.5) is 17.1 Å². The number of benzene rings is 1. The van der Waals surface area contributed by atoms with E-state index in [1.165, 1.54) is 0 Å². The minimum atomic E-state index is -0.291. The van der Waals surface area contributed by atoms with Gasteiger partial charge in [-0.3, -0.25) is 10.1 Å². The van der Waals surface area contributed by atoms with Crippen LogP contribution in [-0.4, -0.2) is 17.5 Å². The van der Waals surface area contributed by atoms with Crippen LogP contribution in [0.2, 0.25) is 0 Å². The van der Waals surface area contributed by atoms with Crippen LogP contribution in [0.15, 0.2) is 18.2 Å². The molecule has 1 atom stereocenters. The average molecular weight is 291 g/mol. The fourth-order valence-electron chi connectivity index (χ4n) is 3.04. The van der Waals surface area contributed by atoms with E-state index in [0.29, 0.717) is 22.8 Å². The lowest BCUT2D eigenvalue weighted by Crippen LogP contribution is -2.18. The standard InChI is InChI=1S/C16H25N3O2/c1-4-10-17-13-6-5-7-14(15(13)19(20)21)18-12-8-9-16(2,3)11-12/h5-7,12,17-18H,4,8-11H2,1-3H3. The van der Waals surface area contributed by atoms with E-state index in [9.17, 15) is 10.1 Å². The molecule has 0 heterocycles. The maximum Gasteiger partial charge on any atom is 0.315 e. The van der Waals surface area contributed by atoms with Crippen LogP contribution in [0.1, 0.15) is 46.5 Å². The Kier molecular flexibility index (Phi) is 4.70. The zero-order valence-electron chi connectivity index (χ0n) is 13.1. The average Bonchev–Trinajstić information content (AvgIpc) is 2.75. The van der Waals surface area contributed by atoms with Crippen molar-refractivity contribution in [3.8, 4) is 0 Å². The molecule has 116 valence electrons. The fraction of sp³-hybridized carbons (Fsp3) is 0.625. The van der Waals surface area contributed by atoms with Gasteiger partial charge < -0.3 is 10.6 Å². The maximum absolute atomic E-state index is 11.4. The summed E-state index contributed by atoms with van der Waals surface area (Å²) in [6.07, 6.45) is 4.21. The highest BCUT2D eigenvalue weighted by atomic mass is 16.6. The lowest BCUT2D eigenvalue weighted by molar-refractivity contribution is -0.383. The summed E-state index contributed by atoms with van der Waals surface area (Å²) in [6, 6.07) is 5.77. The van der Waals surface area contributed by atoms with Gasteiger partial charge in [0.25, 0.3) is 0 Å². The second-order valence-corrected chi connectivity index (χ2v) is 6.63. The normalized spacial score (nSPS) is 20.2. The van der Waals surface area contributed by atoms with Crippen molar-refractivity contribution >= 4 is 17.1 Å². The lowest BCUT2D eigenvalue weighted by atomic mass is 9.92. The number of hydrogen-bond donors (Lipinski definition) is 2. The van der Waals surface area contributed by atoms with Crippen LogP contribution in [0, 0.1) is 15.5 Å². The van der Waals surface area contributed by atoms with E-state index >= 15 is 0 Å². The maximum atomic E-state index is 11.4. The van der Waals surface area contributed by atoms with Gasteiger partial charge in [0.1, 0.15) is 11.4 Å². The third-order valence-corrected chi connectivity index (χ3v) is 4.11. The second-order valence-electron chi connectivity index (χ2n) is 6.63. The van der Waals surface area contributed by atoms with Gasteiger partial charge in [-0.05, 0) is 43.2 Å². The number of hydrogen-bond acceptors (Lipinski definition) is 4. The number of anilines is 2. The number of nitrogens with zero attached hydrogens (tertiary/aromatic N) is 1. The molecule has 1 fully saturated rings. The topological polar surface area (TPSA) is 67.2 Å². The second kappa shape index (κ2) is 6.33. The van der Waals surface area contributed by atoms with E-state index in [-0.39, 0.29) is 10.6 Å². The highest BCUT2D eigenvalue weighted by Gasteiger charge is 2.32. The zero-order valence-corrected chi connectivity index (χ0v) is 13.1.